The van der Waals surface area contributed by atoms with Crippen LogP contribution < -0.4 is 10.6 Å². The van der Waals surface area contributed by atoms with Crippen molar-refractivity contribution in [2.75, 3.05) is 13.1 Å². The average molecular weight is 341 g/mol. The van der Waals surface area contributed by atoms with Crippen molar-refractivity contribution in [1.29, 1.82) is 0 Å². The van der Waals surface area contributed by atoms with Crippen molar-refractivity contribution in [3.8, 4) is 5.69 Å². The first-order valence-electron chi connectivity index (χ1n) is 8.75. The molecule has 1 heterocycles. The van der Waals surface area contributed by atoms with Gasteiger partial charge in [0.15, 0.2) is 5.96 Å². The number of rotatable bonds is 6. The standard InChI is InChI=1S/C19H24FN5/c1-2-21-19(23-16-5-3-4-6-16)22-13-11-17-12-14-25(24-17)18-9-7-15(20)8-10-18/h3-4,7-10,12,14,16H,2,5-6,11,13H2,1H3,(H2,21,22,23). The lowest BCUT2D eigenvalue weighted by molar-refractivity contribution is 0.627. The number of nitrogens with one attached hydrogen (secondary N) is 2. The van der Waals surface area contributed by atoms with Gasteiger partial charge >= 0.3 is 0 Å². The van der Waals surface area contributed by atoms with Crippen LogP contribution in [0.5, 0.6) is 0 Å². The zero-order chi connectivity index (χ0) is 17.5. The third kappa shape index (κ3) is 4.92. The Hall–Kier alpha value is -2.63. The van der Waals surface area contributed by atoms with Crippen LogP contribution in [0.1, 0.15) is 25.5 Å². The maximum absolute atomic E-state index is 13.0. The molecule has 2 N–H and O–H groups in total. The highest BCUT2D eigenvalue weighted by molar-refractivity contribution is 5.80. The van der Waals surface area contributed by atoms with Crippen molar-refractivity contribution in [3.63, 3.8) is 0 Å². The quantitative estimate of drug-likeness (QED) is 0.483. The number of benzene rings is 1. The lowest BCUT2D eigenvalue weighted by Gasteiger charge is -2.16. The number of aromatic nitrogens is 2. The second-order valence-corrected chi connectivity index (χ2v) is 6.02. The molecule has 0 atom stereocenters. The van der Waals surface area contributed by atoms with Crippen LogP contribution in [-0.4, -0.2) is 34.9 Å². The van der Waals surface area contributed by atoms with E-state index in [9.17, 15) is 4.39 Å². The van der Waals surface area contributed by atoms with Crippen molar-refractivity contribution < 1.29 is 4.39 Å². The molecule has 5 nitrogen and oxygen atoms in total. The topological polar surface area (TPSA) is 54.2 Å². The summed E-state index contributed by atoms with van der Waals surface area (Å²) in [5.41, 5.74) is 1.81. The molecule has 1 aromatic carbocycles. The molecule has 0 fully saturated rings. The van der Waals surface area contributed by atoms with E-state index in [4.69, 9.17) is 0 Å². The van der Waals surface area contributed by atoms with Gasteiger partial charge in [-0.05, 0) is 50.1 Å². The molecule has 25 heavy (non-hydrogen) atoms. The summed E-state index contributed by atoms with van der Waals surface area (Å²) in [6, 6.07) is 8.72. The third-order valence-corrected chi connectivity index (χ3v) is 4.07. The maximum Gasteiger partial charge on any atom is 0.191 e. The Bertz CT molecular complexity index is 725. The van der Waals surface area contributed by atoms with Crippen LogP contribution in [0.25, 0.3) is 5.69 Å². The van der Waals surface area contributed by atoms with E-state index in [0.29, 0.717) is 12.6 Å². The van der Waals surface area contributed by atoms with E-state index in [2.05, 4.69) is 39.8 Å². The van der Waals surface area contributed by atoms with Crippen molar-refractivity contribution in [3.05, 3.63) is 60.2 Å². The second kappa shape index (κ2) is 8.46. The zero-order valence-electron chi connectivity index (χ0n) is 14.5. The van der Waals surface area contributed by atoms with Gasteiger partial charge in [-0.15, -0.1) is 0 Å². The van der Waals surface area contributed by atoms with Crippen LogP contribution in [0.2, 0.25) is 0 Å². The van der Waals surface area contributed by atoms with E-state index >= 15 is 0 Å². The van der Waals surface area contributed by atoms with Crippen molar-refractivity contribution in [1.82, 2.24) is 20.4 Å². The minimum atomic E-state index is -0.244. The number of aliphatic imine (C=N–C) groups is 1. The highest BCUT2D eigenvalue weighted by atomic mass is 19.1. The molecule has 6 heteroatoms. The molecule has 0 aliphatic heterocycles. The second-order valence-electron chi connectivity index (χ2n) is 6.02. The van der Waals surface area contributed by atoms with Crippen LogP contribution >= 0.6 is 0 Å². The molecule has 0 saturated heterocycles. The van der Waals surface area contributed by atoms with Gasteiger partial charge in [0.2, 0.25) is 0 Å². The molecule has 0 unspecified atom stereocenters. The van der Waals surface area contributed by atoms with Gasteiger partial charge in [0.05, 0.1) is 11.4 Å². The van der Waals surface area contributed by atoms with Crippen LogP contribution in [-0.2, 0) is 6.42 Å². The Morgan fingerprint density at radius 2 is 2.00 bits per heavy atom. The molecule has 1 aromatic heterocycles. The van der Waals surface area contributed by atoms with Crippen LogP contribution in [0.3, 0.4) is 0 Å². The largest absolute Gasteiger partial charge is 0.357 e. The van der Waals surface area contributed by atoms with Gasteiger partial charge in [-0.25, -0.2) is 9.07 Å². The van der Waals surface area contributed by atoms with E-state index < -0.39 is 0 Å². The van der Waals surface area contributed by atoms with Gasteiger partial charge in [-0.1, -0.05) is 12.2 Å². The van der Waals surface area contributed by atoms with Crippen LogP contribution in [0.4, 0.5) is 4.39 Å². The Labute approximate surface area is 147 Å². The summed E-state index contributed by atoms with van der Waals surface area (Å²) in [5, 5.41) is 11.3. The summed E-state index contributed by atoms with van der Waals surface area (Å²) in [6.45, 7) is 3.57. The van der Waals surface area contributed by atoms with E-state index in [1.54, 1.807) is 16.8 Å². The van der Waals surface area contributed by atoms with E-state index in [1.807, 2.05) is 12.3 Å². The summed E-state index contributed by atoms with van der Waals surface area (Å²) in [5.74, 6) is 0.612. The molecular weight excluding hydrogens is 317 g/mol. The summed E-state index contributed by atoms with van der Waals surface area (Å²) in [6.07, 6.45) is 9.14. The lowest BCUT2D eigenvalue weighted by Crippen LogP contribution is -2.42. The predicted octanol–water partition coefficient (Wildman–Crippen LogP) is 2.83. The summed E-state index contributed by atoms with van der Waals surface area (Å²) in [7, 11) is 0. The van der Waals surface area contributed by atoms with Crippen LogP contribution in [0.15, 0.2) is 53.7 Å². The Morgan fingerprint density at radius 3 is 2.72 bits per heavy atom. The molecule has 132 valence electrons. The van der Waals surface area contributed by atoms with Gasteiger partial charge in [-0.2, -0.15) is 5.10 Å². The predicted molar refractivity (Wildman–Crippen MR) is 98.5 cm³/mol. The highest BCUT2D eigenvalue weighted by Gasteiger charge is 2.11. The zero-order valence-corrected chi connectivity index (χ0v) is 14.5. The number of hydrogen-bond acceptors (Lipinski definition) is 2. The smallest absolute Gasteiger partial charge is 0.191 e. The number of nitrogens with zero attached hydrogens (tertiary/aromatic N) is 3. The molecule has 2 aromatic rings. The maximum atomic E-state index is 13.0. The SMILES string of the molecule is CCNC(=NCCc1ccn(-c2ccc(F)cc2)n1)NC1CC=CC1. The summed E-state index contributed by atoms with van der Waals surface area (Å²) < 4.78 is 14.8. The summed E-state index contributed by atoms with van der Waals surface area (Å²) in [4.78, 5) is 4.63. The molecule has 0 saturated carbocycles. The molecule has 3 rings (SSSR count). The first-order valence-corrected chi connectivity index (χ1v) is 8.75. The first-order chi connectivity index (χ1) is 12.2. The highest BCUT2D eigenvalue weighted by Crippen LogP contribution is 2.10. The van der Waals surface area contributed by atoms with Gasteiger partial charge in [-0.3, -0.25) is 4.99 Å². The van der Waals surface area contributed by atoms with E-state index in [0.717, 1.165) is 43.1 Å². The fourth-order valence-corrected chi connectivity index (χ4v) is 2.76. The fourth-order valence-electron chi connectivity index (χ4n) is 2.76. The number of guanidine groups is 1. The Kier molecular flexibility index (Phi) is 5.82. The molecule has 0 spiro atoms. The molecule has 0 amide bonds. The van der Waals surface area contributed by atoms with E-state index in [1.165, 1.54) is 12.1 Å². The van der Waals surface area contributed by atoms with E-state index in [-0.39, 0.29) is 5.82 Å². The molecule has 1 aliphatic carbocycles. The van der Waals surface area contributed by atoms with Crippen molar-refractivity contribution in [2.45, 2.75) is 32.2 Å². The first kappa shape index (κ1) is 17.2. The lowest BCUT2D eigenvalue weighted by atomic mass is 10.2. The van der Waals surface area contributed by atoms with Crippen LogP contribution in [0, 0.1) is 5.82 Å². The molecular formula is C19H24FN5. The molecule has 0 radical (unpaired) electrons. The normalized spacial score (nSPS) is 14.9. The van der Waals surface area contributed by atoms with Crippen molar-refractivity contribution >= 4 is 5.96 Å². The molecule has 1 aliphatic rings. The van der Waals surface area contributed by atoms with Gasteiger partial charge < -0.3 is 10.6 Å². The number of hydrogen-bond donors (Lipinski definition) is 2. The van der Waals surface area contributed by atoms with Crippen molar-refractivity contribution in [2.24, 2.45) is 4.99 Å². The monoisotopic (exact) mass is 341 g/mol. The van der Waals surface area contributed by atoms with Gasteiger partial charge in [0.25, 0.3) is 0 Å². The fraction of sp³-hybridized carbons (Fsp3) is 0.368. The third-order valence-electron chi connectivity index (χ3n) is 4.07. The van der Waals surface area contributed by atoms with Gasteiger partial charge in [0, 0.05) is 31.7 Å². The minimum absolute atomic E-state index is 0.244. The summed E-state index contributed by atoms with van der Waals surface area (Å²) >= 11 is 0. The van der Waals surface area contributed by atoms with Gasteiger partial charge in [0.1, 0.15) is 5.82 Å². The molecule has 0 bridgehead atoms. The minimum Gasteiger partial charge on any atom is -0.357 e. The Morgan fingerprint density at radius 1 is 1.24 bits per heavy atom. The number of halogens is 1. The average Bonchev–Trinajstić information content (AvgIpc) is 3.28. The Balaban J connectivity index is 1.55.